The van der Waals surface area contributed by atoms with Crippen molar-refractivity contribution < 1.29 is 14.1 Å². The maximum atomic E-state index is 11.9. The number of carbonyl (C=O) groups is 1. The van der Waals surface area contributed by atoms with E-state index in [2.05, 4.69) is 10.6 Å². The van der Waals surface area contributed by atoms with Gasteiger partial charge in [0.25, 0.3) is 11.6 Å². The van der Waals surface area contributed by atoms with Crippen molar-refractivity contribution >= 4 is 23.2 Å². The summed E-state index contributed by atoms with van der Waals surface area (Å²) in [6.07, 6.45) is 0. The molecule has 0 atom stereocenters. The molecule has 0 aliphatic heterocycles. The van der Waals surface area contributed by atoms with Gasteiger partial charge in [0.1, 0.15) is 11.5 Å². The lowest BCUT2D eigenvalue weighted by molar-refractivity contribution is -0.384. The van der Waals surface area contributed by atoms with Gasteiger partial charge in [0.2, 0.25) is 0 Å². The number of hydrogen-bond donors (Lipinski definition) is 2. The third-order valence-electron chi connectivity index (χ3n) is 4.01. The fraction of sp³-hybridized carbons (Fsp3) is 0.150. The summed E-state index contributed by atoms with van der Waals surface area (Å²) in [6, 6.07) is 16.9. The molecule has 0 spiro atoms. The molecule has 0 aliphatic rings. The molecule has 144 valence electrons. The Morgan fingerprint density at radius 2 is 1.86 bits per heavy atom. The second-order valence-electron chi connectivity index (χ2n) is 5.98. The normalized spacial score (nSPS) is 10.6. The molecule has 0 aliphatic carbocycles. The largest absolute Gasteiger partial charge is 0.459 e. The van der Waals surface area contributed by atoms with E-state index in [1.54, 1.807) is 36.4 Å². The number of furan rings is 1. The minimum absolute atomic E-state index is 0.106. The van der Waals surface area contributed by atoms with Gasteiger partial charge >= 0.3 is 0 Å². The van der Waals surface area contributed by atoms with Crippen molar-refractivity contribution in [1.82, 2.24) is 10.6 Å². The van der Waals surface area contributed by atoms with Gasteiger partial charge in [-0.3, -0.25) is 14.9 Å². The van der Waals surface area contributed by atoms with Crippen LogP contribution >= 0.6 is 11.6 Å². The molecule has 0 unspecified atom stereocenters. The third kappa shape index (κ3) is 4.97. The van der Waals surface area contributed by atoms with Gasteiger partial charge in [-0.15, -0.1) is 0 Å². The Morgan fingerprint density at radius 1 is 1.07 bits per heavy atom. The summed E-state index contributed by atoms with van der Waals surface area (Å²) in [5.41, 5.74) is 0.878. The number of hydrogen-bond acceptors (Lipinski definition) is 5. The number of amides is 1. The van der Waals surface area contributed by atoms with Gasteiger partial charge in [0.15, 0.2) is 0 Å². The van der Waals surface area contributed by atoms with Crippen molar-refractivity contribution in [2.75, 3.05) is 13.1 Å². The van der Waals surface area contributed by atoms with Crippen LogP contribution in [0.1, 0.15) is 16.1 Å². The van der Waals surface area contributed by atoms with Crippen LogP contribution in [0, 0.1) is 10.1 Å². The zero-order valence-corrected chi connectivity index (χ0v) is 15.6. The number of nitro benzene ring substituents is 1. The van der Waals surface area contributed by atoms with E-state index in [1.165, 1.54) is 6.07 Å². The predicted molar refractivity (Wildman–Crippen MR) is 106 cm³/mol. The molecule has 0 fully saturated rings. The summed E-state index contributed by atoms with van der Waals surface area (Å²) in [4.78, 5) is 22.7. The van der Waals surface area contributed by atoms with Crippen LogP contribution in [-0.4, -0.2) is 23.9 Å². The molecule has 2 N–H and O–H groups in total. The zero-order valence-electron chi connectivity index (χ0n) is 14.9. The average Bonchev–Trinajstić information content (AvgIpc) is 3.17. The Balaban J connectivity index is 1.51. The lowest BCUT2D eigenvalue weighted by Crippen LogP contribution is -2.31. The first-order valence-corrected chi connectivity index (χ1v) is 8.99. The van der Waals surface area contributed by atoms with Gasteiger partial charge in [-0.2, -0.15) is 0 Å². The summed E-state index contributed by atoms with van der Waals surface area (Å²) >= 11 is 5.84. The van der Waals surface area contributed by atoms with Gasteiger partial charge in [-0.1, -0.05) is 29.8 Å². The first kappa shape index (κ1) is 19.6. The smallest absolute Gasteiger partial charge is 0.281 e. The number of nitrogens with one attached hydrogen (secondary N) is 2. The number of benzene rings is 2. The van der Waals surface area contributed by atoms with Crippen LogP contribution in [0.15, 0.2) is 65.1 Å². The molecular formula is C20H18ClN3O4. The lowest BCUT2D eigenvalue weighted by Gasteiger charge is -2.06. The van der Waals surface area contributed by atoms with Crippen molar-refractivity contribution in [3.8, 4) is 11.3 Å². The van der Waals surface area contributed by atoms with E-state index >= 15 is 0 Å². The minimum atomic E-state index is -0.489. The summed E-state index contributed by atoms with van der Waals surface area (Å²) in [5.74, 6) is 0.906. The van der Waals surface area contributed by atoms with E-state index < -0.39 is 4.92 Å². The Morgan fingerprint density at radius 3 is 2.61 bits per heavy atom. The van der Waals surface area contributed by atoms with Crippen molar-refractivity contribution in [2.24, 2.45) is 0 Å². The maximum absolute atomic E-state index is 11.9. The van der Waals surface area contributed by atoms with Crippen LogP contribution in [0.25, 0.3) is 11.3 Å². The van der Waals surface area contributed by atoms with Crippen LogP contribution < -0.4 is 10.6 Å². The number of nitro groups is 1. The van der Waals surface area contributed by atoms with Crippen LogP contribution in [-0.2, 0) is 6.54 Å². The molecule has 3 aromatic rings. The zero-order chi connectivity index (χ0) is 19.9. The highest BCUT2D eigenvalue weighted by molar-refractivity contribution is 6.30. The Labute approximate surface area is 166 Å². The van der Waals surface area contributed by atoms with Crippen molar-refractivity contribution in [2.45, 2.75) is 6.54 Å². The number of nitrogens with zero attached hydrogens (tertiary/aromatic N) is 1. The number of halogens is 1. The van der Waals surface area contributed by atoms with Crippen LogP contribution in [0.2, 0.25) is 5.02 Å². The molecular weight excluding hydrogens is 382 g/mol. The van der Waals surface area contributed by atoms with Gasteiger partial charge in [0, 0.05) is 29.7 Å². The first-order valence-electron chi connectivity index (χ1n) is 8.61. The molecule has 3 rings (SSSR count). The van der Waals surface area contributed by atoms with Crippen molar-refractivity contribution in [3.63, 3.8) is 0 Å². The molecule has 0 radical (unpaired) electrons. The van der Waals surface area contributed by atoms with Crippen molar-refractivity contribution in [1.29, 1.82) is 0 Å². The highest BCUT2D eigenvalue weighted by Crippen LogP contribution is 2.33. The molecule has 7 nitrogen and oxygen atoms in total. The monoisotopic (exact) mass is 399 g/mol. The van der Waals surface area contributed by atoms with E-state index in [1.807, 2.05) is 18.2 Å². The van der Waals surface area contributed by atoms with E-state index in [4.69, 9.17) is 16.0 Å². The molecule has 0 bridgehead atoms. The SMILES string of the molecule is O=C(NCCNCc1ccc(-c2ccc(Cl)cc2[N+](=O)[O-])o1)c1ccccc1. The molecule has 1 amide bonds. The fourth-order valence-electron chi connectivity index (χ4n) is 2.65. The van der Waals surface area contributed by atoms with E-state index in [9.17, 15) is 14.9 Å². The number of carbonyl (C=O) groups excluding carboxylic acids is 1. The van der Waals surface area contributed by atoms with E-state index in [0.29, 0.717) is 47.3 Å². The van der Waals surface area contributed by atoms with Crippen LogP contribution in [0.3, 0.4) is 0 Å². The van der Waals surface area contributed by atoms with Crippen LogP contribution in [0.5, 0.6) is 0 Å². The van der Waals surface area contributed by atoms with Crippen LogP contribution in [0.4, 0.5) is 5.69 Å². The molecule has 1 aromatic heterocycles. The Bertz CT molecular complexity index is 973. The van der Waals surface area contributed by atoms with Gasteiger partial charge < -0.3 is 15.1 Å². The topological polar surface area (TPSA) is 97.4 Å². The molecule has 28 heavy (non-hydrogen) atoms. The molecule has 1 heterocycles. The summed E-state index contributed by atoms with van der Waals surface area (Å²) < 4.78 is 5.70. The molecule has 2 aromatic carbocycles. The second-order valence-corrected chi connectivity index (χ2v) is 6.42. The summed E-state index contributed by atoms with van der Waals surface area (Å²) in [5, 5.41) is 17.5. The molecule has 8 heteroatoms. The standard InChI is InChI=1S/C20H18ClN3O4/c21-15-6-8-17(18(12-15)24(26)27)19-9-7-16(28-19)13-22-10-11-23-20(25)14-4-2-1-3-5-14/h1-9,12,22H,10-11,13H2,(H,23,25). The third-order valence-corrected chi connectivity index (χ3v) is 4.24. The van der Waals surface area contributed by atoms with E-state index in [0.717, 1.165) is 0 Å². The number of rotatable bonds is 8. The lowest BCUT2D eigenvalue weighted by atomic mass is 10.1. The first-order chi connectivity index (χ1) is 13.5. The summed E-state index contributed by atoms with van der Waals surface area (Å²) in [6.45, 7) is 1.45. The van der Waals surface area contributed by atoms with Gasteiger partial charge in [-0.05, 0) is 36.4 Å². The molecule has 0 saturated heterocycles. The fourth-order valence-corrected chi connectivity index (χ4v) is 2.82. The van der Waals surface area contributed by atoms with E-state index in [-0.39, 0.29) is 11.6 Å². The highest BCUT2D eigenvalue weighted by Gasteiger charge is 2.18. The summed E-state index contributed by atoms with van der Waals surface area (Å²) in [7, 11) is 0. The van der Waals surface area contributed by atoms with Crippen molar-refractivity contribution in [3.05, 3.63) is 87.1 Å². The highest BCUT2D eigenvalue weighted by atomic mass is 35.5. The average molecular weight is 400 g/mol. The Hall–Kier alpha value is -3.16. The molecule has 0 saturated carbocycles. The van der Waals surface area contributed by atoms with Gasteiger partial charge in [-0.25, -0.2) is 0 Å². The van der Waals surface area contributed by atoms with Gasteiger partial charge in [0.05, 0.1) is 17.0 Å². The Kier molecular flexibility index (Phi) is 6.41. The predicted octanol–water partition coefficient (Wildman–Crippen LogP) is 4.03. The minimum Gasteiger partial charge on any atom is -0.459 e. The quantitative estimate of drug-likeness (QED) is 0.338. The second kappa shape index (κ2) is 9.16. The maximum Gasteiger partial charge on any atom is 0.281 e.